The number of piperazine rings is 1. The lowest BCUT2D eigenvalue weighted by molar-refractivity contribution is 0.116. The van der Waals surface area contributed by atoms with Gasteiger partial charge in [-0.2, -0.15) is 0 Å². The Bertz CT molecular complexity index is 511. The molecule has 1 aromatic carbocycles. The molecule has 0 aromatic heterocycles. The molecule has 7 heteroatoms. The summed E-state index contributed by atoms with van der Waals surface area (Å²) in [6.45, 7) is 4.45. The fourth-order valence-corrected chi connectivity index (χ4v) is 2.58. The summed E-state index contributed by atoms with van der Waals surface area (Å²) in [5.41, 5.74) is 0.639. The molecule has 1 aliphatic heterocycles. The van der Waals surface area contributed by atoms with Gasteiger partial charge in [-0.25, -0.2) is 4.39 Å². The maximum absolute atomic E-state index is 13.6. The van der Waals surface area contributed by atoms with E-state index >= 15 is 0 Å². The molecular weight excluding hydrogens is 408 g/mol. The minimum Gasteiger partial charge on any atom is -0.355 e. The highest BCUT2D eigenvalue weighted by Crippen LogP contribution is 2.06. The van der Waals surface area contributed by atoms with Crippen LogP contribution in [-0.4, -0.2) is 69.1 Å². The number of aliphatic imine (C=N–C) groups is 1. The van der Waals surface area contributed by atoms with Crippen LogP contribution in [0, 0.1) is 5.82 Å². The predicted octanol–water partition coefficient (Wildman–Crippen LogP) is 1.35. The molecule has 2 N–H and O–H groups in total. The highest BCUT2D eigenvalue weighted by Gasteiger charge is 2.21. The minimum absolute atomic E-state index is 0. The Kier molecular flexibility index (Phi) is 8.78. The first-order valence-corrected chi connectivity index (χ1v) is 7.67. The van der Waals surface area contributed by atoms with Crippen LogP contribution < -0.4 is 10.6 Å². The van der Waals surface area contributed by atoms with Crippen molar-refractivity contribution in [2.75, 3.05) is 47.3 Å². The summed E-state index contributed by atoms with van der Waals surface area (Å²) in [6, 6.07) is 7.23. The standard InChI is InChI=1S/C16H26FN5.HI/c1-18-16(19-10-13-6-4-5-7-15(13)17)20-11-14-12-21(2)8-9-22(14)3;/h4-7,14H,8-12H2,1-3H3,(H2,18,19,20);1H. The maximum Gasteiger partial charge on any atom is 0.191 e. The summed E-state index contributed by atoms with van der Waals surface area (Å²) < 4.78 is 13.6. The highest BCUT2D eigenvalue weighted by atomic mass is 127. The molecule has 5 nitrogen and oxygen atoms in total. The Labute approximate surface area is 155 Å². The monoisotopic (exact) mass is 435 g/mol. The summed E-state index contributed by atoms with van der Waals surface area (Å²) in [7, 11) is 6.02. The molecule has 0 bridgehead atoms. The molecule has 0 radical (unpaired) electrons. The van der Waals surface area contributed by atoms with E-state index in [4.69, 9.17) is 0 Å². The highest BCUT2D eigenvalue weighted by molar-refractivity contribution is 14.0. The quantitative estimate of drug-likeness (QED) is 0.426. The Hall–Kier alpha value is -0.930. The Balaban J connectivity index is 0.00000264. The van der Waals surface area contributed by atoms with Gasteiger partial charge in [-0.05, 0) is 20.2 Å². The predicted molar refractivity (Wildman–Crippen MR) is 104 cm³/mol. The lowest BCUT2D eigenvalue weighted by atomic mass is 10.2. The fourth-order valence-electron chi connectivity index (χ4n) is 2.58. The first-order chi connectivity index (χ1) is 10.6. The third-order valence-corrected chi connectivity index (χ3v) is 4.11. The zero-order valence-electron chi connectivity index (χ0n) is 14.1. The lowest BCUT2D eigenvalue weighted by Crippen LogP contribution is -2.55. The van der Waals surface area contributed by atoms with Crippen LogP contribution in [0.5, 0.6) is 0 Å². The van der Waals surface area contributed by atoms with Crippen molar-refractivity contribution in [3.05, 3.63) is 35.6 Å². The first kappa shape index (κ1) is 20.1. The van der Waals surface area contributed by atoms with Crippen molar-refractivity contribution in [1.82, 2.24) is 20.4 Å². The van der Waals surface area contributed by atoms with Gasteiger partial charge >= 0.3 is 0 Å². The van der Waals surface area contributed by atoms with Crippen LogP contribution in [0.15, 0.2) is 29.3 Å². The summed E-state index contributed by atoms with van der Waals surface area (Å²) >= 11 is 0. The van der Waals surface area contributed by atoms with Gasteiger partial charge in [0.15, 0.2) is 5.96 Å². The number of hydrogen-bond donors (Lipinski definition) is 2. The van der Waals surface area contributed by atoms with Crippen molar-refractivity contribution >= 4 is 29.9 Å². The van der Waals surface area contributed by atoms with Gasteiger partial charge in [-0.1, -0.05) is 18.2 Å². The van der Waals surface area contributed by atoms with E-state index in [1.807, 2.05) is 6.07 Å². The second kappa shape index (κ2) is 10.0. The van der Waals surface area contributed by atoms with Crippen molar-refractivity contribution in [3.8, 4) is 0 Å². The van der Waals surface area contributed by atoms with Gasteiger partial charge in [0.1, 0.15) is 5.82 Å². The van der Waals surface area contributed by atoms with Crippen molar-refractivity contribution < 1.29 is 4.39 Å². The third-order valence-electron chi connectivity index (χ3n) is 4.11. The van der Waals surface area contributed by atoms with Gasteiger partial charge in [0.2, 0.25) is 0 Å². The topological polar surface area (TPSA) is 42.9 Å². The van der Waals surface area contributed by atoms with Crippen LogP contribution >= 0.6 is 24.0 Å². The van der Waals surface area contributed by atoms with Crippen LogP contribution in [0.4, 0.5) is 4.39 Å². The number of nitrogens with zero attached hydrogens (tertiary/aromatic N) is 3. The number of rotatable bonds is 4. The summed E-state index contributed by atoms with van der Waals surface area (Å²) in [6.07, 6.45) is 0. The van der Waals surface area contributed by atoms with Gasteiger partial charge in [0.05, 0.1) is 0 Å². The molecular formula is C16H27FIN5. The molecule has 1 fully saturated rings. The van der Waals surface area contributed by atoms with Crippen LogP contribution in [0.1, 0.15) is 5.56 Å². The molecule has 1 aliphatic rings. The number of halogens is 2. The van der Waals surface area contributed by atoms with E-state index in [2.05, 4.69) is 39.5 Å². The van der Waals surface area contributed by atoms with Crippen molar-refractivity contribution in [2.24, 2.45) is 4.99 Å². The van der Waals surface area contributed by atoms with E-state index in [0.29, 0.717) is 24.1 Å². The fraction of sp³-hybridized carbons (Fsp3) is 0.562. The minimum atomic E-state index is -0.195. The Morgan fingerprint density at radius 3 is 2.70 bits per heavy atom. The summed E-state index contributed by atoms with van der Waals surface area (Å²) in [5, 5.41) is 6.49. The molecule has 0 amide bonds. The molecule has 1 heterocycles. The van der Waals surface area contributed by atoms with E-state index in [0.717, 1.165) is 26.2 Å². The van der Waals surface area contributed by atoms with Crippen LogP contribution in [0.2, 0.25) is 0 Å². The molecule has 0 spiro atoms. The van der Waals surface area contributed by atoms with E-state index in [1.54, 1.807) is 19.2 Å². The molecule has 1 unspecified atom stereocenters. The molecule has 1 atom stereocenters. The average Bonchev–Trinajstić information content (AvgIpc) is 2.52. The molecule has 2 rings (SSSR count). The molecule has 130 valence electrons. The zero-order chi connectivity index (χ0) is 15.9. The number of guanidine groups is 1. The van der Waals surface area contributed by atoms with Crippen LogP contribution in [-0.2, 0) is 6.54 Å². The molecule has 0 saturated carbocycles. The van der Waals surface area contributed by atoms with Crippen molar-refractivity contribution in [1.29, 1.82) is 0 Å². The molecule has 1 saturated heterocycles. The normalized spacial score (nSPS) is 20.0. The van der Waals surface area contributed by atoms with Crippen LogP contribution in [0.3, 0.4) is 0 Å². The number of nitrogens with one attached hydrogen (secondary N) is 2. The van der Waals surface area contributed by atoms with Crippen LogP contribution in [0.25, 0.3) is 0 Å². The number of hydrogen-bond acceptors (Lipinski definition) is 3. The summed E-state index contributed by atoms with van der Waals surface area (Å²) in [5.74, 6) is 0.504. The smallest absolute Gasteiger partial charge is 0.191 e. The average molecular weight is 435 g/mol. The van der Waals surface area contributed by atoms with E-state index in [1.165, 1.54) is 6.07 Å². The zero-order valence-corrected chi connectivity index (χ0v) is 16.4. The van der Waals surface area contributed by atoms with E-state index in [-0.39, 0.29) is 29.8 Å². The Morgan fingerprint density at radius 2 is 2.00 bits per heavy atom. The molecule has 1 aromatic rings. The second-order valence-corrected chi connectivity index (χ2v) is 5.79. The van der Waals surface area contributed by atoms with Gasteiger partial charge in [0, 0.05) is 51.4 Å². The van der Waals surface area contributed by atoms with Gasteiger partial charge in [-0.15, -0.1) is 24.0 Å². The molecule has 23 heavy (non-hydrogen) atoms. The van der Waals surface area contributed by atoms with Crippen molar-refractivity contribution in [3.63, 3.8) is 0 Å². The van der Waals surface area contributed by atoms with Gasteiger partial charge in [0.25, 0.3) is 0 Å². The first-order valence-electron chi connectivity index (χ1n) is 7.67. The SMILES string of the molecule is CN=C(NCc1ccccc1F)NCC1CN(C)CCN1C.I. The number of likely N-dealkylation sites (N-methyl/N-ethyl adjacent to an activating group) is 2. The van der Waals surface area contributed by atoms with Gasteiger partial charge < -0.3 is 15.5 Å². The second-order valence-electron chi connectivity index (χ2n) is 5.79. The summed E-state index contributed by atoms with van der Waals surface area (Å²) in [4.78, 5) is 8.89. The Morgan fingerprint density at radius 1 is 1.26 bits per heavy atom. The lowest BCUT2D eigenvalue weighted by Gasteiger charge is -2.37. The maximum atomic E-state index is 13.6. The molecule has 0 aliphatic carbocycles. The number of benzene rings is 1. The van der Waals surface area contributed by atoms with Crippen molar-refractivity contribution in [2.45, 2.75) is 12.6 Å². The van der Waals surface area contributed by atoms with Gasteiger partial charge in [-0.3, -0.25) is 9.89 Å². The largest absolute Gasteiger partial charge is 0.355 e. The van der Waals surface area contributed by atoms with E-state index in [9.17, 15) is 4.39 Å². The third kappa shape index (κ3) is 6.23. The van der Waals surface area contributed by atoms with E-state index < -0.39 is 0 Å².